The zero-order chi connectivity index (χ0) is 20.1. The topological polar surface area (TPSA) is 68.5 Å². The molecule has 6 nitrogen and oxygen atoms in total. The average Bonchev–Trinajstić information content (AvgIpc) is 3.22. The fourth-order valence-corrected chi connectivity index (χ4v) is 4.22. The number of piperidine rings is 1. The normalized spacial score (nSPS) is 18.9. The Morgan fingerprint density at radius 2 is 1.97 bits per heavy atom. The Bertz CT molecular complexity index is 811. The molecule has 2 aliphatic heterocycles. The lowest BCUT2D eigenvalue weighted by Gasteiger charge is -2.32. The summed E-state index contributed by atoms with van der Waals surface area (Å²) in [6, 6.07) is 6.28. The summed E-state index contributed by atoms with van der Waals surface area (Å²) in [5, 5.41) is 4.15. The van der Waals surface area contributed by atoms with Crippen molar-refractivity contribution in [2.45, 2.75) is 50.9 Å². The molecule has 0 spiro atoms. The molecular formula is C22H28FN3O3. The first-order valence-corrected chi connectivity index (χ1v) is 10.6. The third kappa shape index (κ3) is 5.41. The molecule has 1 aromatic carbocycles. The zero-order valence-corrected chi connectivity index (χ0v) is 16.7. The van der Waals surface area contributed by atoms with E-state index in [9.17, 15) is 9.18 Å². The van der Waals surface area contributed by atoms with Gasteiger partial charge >= 0.3 is 0 Å². The lowest BCUT2D eigenvalue weighted by Crippen LogP contribution is -2.39. The first kappa shape index (κ1) is 20.0. The molecule has 0 bridgehead atoms. The van der Waals surface area contributed by atoms with E-state index in [0.717, 1.165) is 82.1 Å². The molecule has 1 aromatic heterocycles. The first-order chi connectivity index (χ1) is 14.2. The van der Waals surface area contributed by atoms with Gasteiger partial charge in [-0.25, -0.2) is 4.39 Å². The van der Waals surface area contributed by atoms with Crippen LogP contribution in [0.3, 0.4) is 0 Å². The van der Waals surface area contributed by atoms with Gasteiger partial charge in [-0.05, 0) is 55.7 Å². The molecule has 2 aliphatic rings. The Balaban J connectivity index is 1.20. The number of halogens is 1. The zero-order valence-electron chi connectivity index (χ0n) is 16.7. The maximum atomic E-state index is 13.3. The van der Waals surface area contributed by atoms with Crippen LogP contribution in [0.1, 0.15) is 55.3 Å². The van der Waals surface area contributed by atoms with E-state index in [1.54, 1.807) is 12.1 Å². The molecule has 0 aliphatic carbocycles. The molecule has 2 aromatic rings. The van der Waals surface area contributed by atoms with Crippen molar-refractivity contribution in [1.82, 2.24) is 15.0 Å². The highest BCUT2D eigenvalue weighted by molar-refractivity contribution is 5.78. The van der Waals surface area contributed by atoms with E-state index < -0.39 is 0 Å². The van der Waals surface area contributed by atoms with Gasteiger partial charge in [0.05, 0.1) is 6.42 Å². The second-order valence-corrected chi connectivity index (χ2v) is 8.11. The lowest BCUT2D eigenvalue weighted by molar-refractivity contribution is -0.131. The highest BCUT2D eigenvalue weighted by Gasteiger charge is 2.25. The van der Waals surface area contributed by atoms with E-state index in [1.807, 2.05) is 4.90 Å². The molecule has 2 saturated heterocycles. The van der Waals surface area contributed by atoms with Crippen LogP contribution >= 0.6 is 0 Å². The van der Waals surface area contributed by atoms with Crippen molar-refractivity contribution >= 4 is 5.91 Å². The number of likely N-dealkylation sites (tertiary alicyclic amines) is 1. The molecule has 4 rings (SSSR count). The molecule has 0 radical (unpaired) electrons. The second-order valence-electron chi connectivity index (χ2n) is 8.11. The number of hydrogen-bond donors (Lipinski definition) is 0. The van der Waals surface area contributed by atoms with Gasteiger partial charge in [-0.1, -0.05) is 17.3 Å². The maximum absolute atomic E-state index is 13.3. The van der Waals surface area contributed by atoms with E-state index in [1.165, 1.54) is 12.1 Å². The fourth-order valence-electron chi connectivity index (χ4n) is 4.22. The minimum absolute atomic E-state index is 0.0771. The standard InChI is InChI=1S/C22H28FN3O3/c23-19-3-1-2-17(14-19)15-21(27)26-10-6-16(7-11-26)4-5-20-24-22(29-25-20)18-8-12-28-13-9-18/h1-3,14,16,18H,4-13,15H2. The van der Waals surface area contributed by atoms with Gasteiger partial charge in [-0.2, -0.15) is 4.98 Å². The third-order valence-corrected chi connectivity index (χ3v) is 6.04. The highest BCUT2D eigenvalue weighted by atomic mass is 19.1. The summed E-state index contributed by atoms with van der Waals surface area (Å²) in [5.41, 5.74) is 0.731. The van der Waals surface area contributed by atoms with Gasteiger partial charge in [-0.3, -0.25) is 4.79 Å². The van der Waals surface area contributed by atoms with Crippen LogP contribution in [0.2, 0.25) is 0 Å². The second kappa shape index (κ2) is 9.48. The van der Waals surface area contributed by atoms with Crippen molar-refractivity contribution in [2.75, 3.05) is 26.3 Å². The molecule has 3 heterocycles. The number of rotatable bonds is 6. The summed E-state index contributed by atoms with van der Waals surface area (Å²) in [6.45, 7) is 3.05. The SMILES string of the molecule is O=C(Cc1cccc(F)c1)N1CCC(CCc2noc(C3CCOCC3)n2)CC1. The van der Waals surface area contributed by atoms with E-state index in [4.69, 9.17) is 9.26 Å². The van der Waals surface area contributed by atoms with Gasteiger partial charge in [0.15, 0.2) is 5.82 Å². The van der Waals surface area contributed by atoms with Gasteiger partial charge in [0, 0.05) is 38.6 Å². The quantitative estimate of drug-likeness (QED) is 0.741. The number of amides is 1. The van der Waals surface area contributed by atoms with Gasteiger partial charge in [0.1, 0.15) is 5.82 Å². The average molecular weight is 401 g/mol. The number of carbonyl (C=O) groups is 1. The Hall–Kier alpha value is -2.28. The predicted octanol–water partition coefficient (Wildman–Crippen LogP) is 3.52. The Morgan fingerprint density at radius 3 is 2.72 bits per heavy atom. The molecule has 0 atom stereocenters. The number of carbonyl (C=O) groups excluding carboxylic acids is 1. The van der Waals surface area contributed by atoms with Crippen molar-refractivity contribution in [3.8, 4) is 0 Å². The number of aromatic nitrogens is 2. The Morgan fingerprint density at radius 1 is 1.17 bits per heavy atom. The predicted molar refractivity (Wildman–Crippen MR) is 105 cm³/mol. The molecule has 2 fully saturated rings. The summed E-state index contributed by atoms with van der Waals surface area (Å²) in [6.07, 6.45) is 5.96. The van der Waals surface area contributed by atoms with Crippen LogP contribution < -0.4 is 0 Å². The van der Waals surface area contributed by atoms with Gasteiger partial charge in [0.2, 0.25) is 11.8 Å². The first-order valence-electron chi connectivity index (χ1n) is 10.6. The lowest BCUT2D eigenvalue weighted by atomic mass is 9.91. The molecule has 7 heteroatoms. The number of nitrogens with zero attached hydrogens (tertiary/aromatic N) is 3. The van der Waals surface area contributed by atoms with Crippen LogP contribution in [0.15, 0.2) is 28.8 Å². The third-order valence-electron chi connectivity index (χ3n) is 6.04. The van der Waals surface area contributed by atoms with Crippen molar-refractivity contribution in [2.24, 2.45) is 5.92 Å². The number of benzene rings is 1. The van der Waals surface area contributed by atoms with Crippen molar-refractivity contribution in [1.29, 1.82) is 0 Å². The monoisotopic (exact) mass is 401 g/mol. The number of ether oxygens (including phenoxy) is 1. The minimum atomic E-state index is -0.296. The van der Waals surface area contributed by atoms with E-state index in [-0.39, 0.29) is 18.1 Å². The van der Waals surface area contributed by atoms with E-state index >= 15 is 0 Å². The molecule has 0 saturated carbocycles. The summed E-state index contributed by atoms with van der Waals surface area (Å²) >= 11 is 0. The summed E-state index contributed by atoms with van der Waals surface area (Å²) in [7, 11) is 0. The summed E-state index contributed by atoms with van der Waals surface area (Å²) < 4.78 is 24.1. The molecule has 1 amide bonds. The smallest absolute Gasteiger partial charge is 0.229 e. The molecule has 0 N–H and O–H groups in total. The highest BCUT2D eigenvalue weighted by Crippen LogP contribution is 2.26. The van der Waals surface area contributed by atoms with Crippen molar-refractivity contribution < 1.29 is 18.4 Å². The molecular weight excluding hydrogens is 373 g/mol. The molecule has 156 valence electrons. The van der Waals surface area contributed by atoms with Crippen molar-refractivity contribution in [3.05, 3.63) is 47.4 Å². The van der Waals surface area contributed by atoms with Crippen LogP contribution in [0.25, 0.3) is 0 Å². The fraction of sp³-hybridized carbons (Fsp3) is 0.591. The van der Waals surface area contributed by atoms with Gasteiger partial charge < -0.3 is 14.2 Å². The summed E-state index contributed by atoms with van der Waals surface area (Å²) in [5.74, 6) is 2.22. The number of aryl methyl sites for hydroxylation is 1. The minimum Gasteiger partial charge on any atom is -0.381 e. The van der Waals surface area contributed by atoms with Crippen LogP contribution in [0.4, 0.5) is 4.39 Å². The van der Waals surface area contributed by atoms with E-state index in [2.05, 4.69) is 10.1 Å². The largest absolute Gasteiger partial charge is 0.381 e. The van der Waals surface area contributed by atoms with Crippen LogP contribution in [0, 0.1) is 11.7 Å². The van der Waals surface area contributed by atoms with Gasteiger partial charge in [-0.15, -0.1) is 0 Å². The summed E-state index contributed by atoms with van der Waals surface area (Å²) in [4.78, 5) is 19.0. The molecule has 29 heavy (non-hydrogen) atoms. The van der Waals surface area contributed by atoms with Crippen LogP contribution in [-0.2, 0) is 22.4 Å². The van der Waals surface area contributed by atoms with E-state index in [0.29, 0.717) is 11.8 Å². The van der Waals surface area contributed by atoms with Gasteiger partial charge in [0.25, 0.3) is 0 Å². The molecule has 0 unspecified atom stereocenters. The Labute approximate surface area is 170 Å². The Kier molecular flexibility index (Phi) is 6.54. The maximum Gasteiger partial charge on any atom is 0.229 e. The van der Waals surface area contributed by atoms with Crippen molar-refractivity contribution in [3.63, 3.8) is 0 Å². The van der Waals surface area contributed by atoms with Crippen LogP contribution in [-0.4, -0.2) is 47.3 Å². The number of hydrogen-bond acceptors (Lipinski definition) is 5. The van der Waals surface area contributed by atoms with Crippen LogP contribution in [0.5, 0.6) is 0 Å².